The number of nitrogens with zero attached hydrogens (tertiary/aromatic N) is 4. The molecule has 2 aromatic rings. The molecule has 4 rings (SSSR count). The number of aromatic nitrogens is 3. The molecule has 0 bridgehead atoms. The molecule has 1 aliphatic carbocycles. The number of fused-ring (bicyclic) bond motifs is 1. The Balaban J connectivity index is 1.42. The van der Waals surface area contributed by atoms with E-state index in [4.69, 9.17) is 4.74 Å². The van der Waals surface area contributed by atoms with E-state index in [9.17, 15) is 0 Å². The highest BCUT2D eigenvalue weighted by Crippen LogP contribution is 2.29. The van der Waals surface area contributed by atoms with Crippen molar-refractivity contribution in [2.24, 2.45) is 5.92 Å². The van der Waals surface area contributed by atoms with E-state index in [1.165, 1.54) is 23.5 Å². The average molecular weight is 318 g/mol. The number of ether oxygens (including phenoxy) is 1. The fourth-order valence-electron chi connectivity index (χ4n) is 2.96. The monoisotopic (exact) mass is 318 g/mol. The van der Waals surface area contributed by atoms with E-state index in [2.05, 4.69) is 24.8 Å². The van der Waals surface area contributed by atoms with Crippen LogP contribution in [0.4, 0.5) is 0 Å². The quantitative estimate of drug-likeness (QED) is 0.821. The molecule has 2 aliphatic rings. The maximum absolute atomic E-state index is 5.85. The molecule has 0 N–H and O–H groups in total. The van der Waals surface area contributed by atoms with Gasteiger partial charge in [0.2, 0.25) is 0 Å². The summed E-state index contributed by atoms with van der Waals surface area (Å²) in [4.78, 5) is 11.5. The third kappa shape index (κ3) is 3.39. The molecule has 1 fully saturated rings. The van der Waals surface area contributed by atoms with E-state index in [1.54, 1.807) is 11.3 Å². The predicted octanol–water partition coefficient (Wildman–Crippen LogP) is 2.67. The number of thiazole rings is 1. The first-order valence-electron chi connectivity index (χ1n) is 8.10. The SMILES string of the molecule is c1csc(CN2CCCn3cnc(COCC4CC4)c3C2)n1. The summed E-state index contributed by atoms with van der Waals surface area (Å²) in [6.45, 7) is 5.61. The van der Waals surface area contributed by atoms with Crippen LogP contribution < -0.4 is 0 Å². The molecule has 6 heteroatoms. The Morgan fingerprint density at radius 1 is 1.27 bits per heavy atom. The lowest BCUT2D eigenvalue weighted by molar-refractivity contribution is 0.107. The van der Waals surface area contributed by atoms with Crippen molar-refractivity contribution in [3.63, 3.8) is 0 Å². The van der Waals surface area contributed by atoms with Gasteiger partial charge in [0.1, 0.15) is 5.01 Å². The highest BCUT2D eigenvalue weighted by molar-refractivity contribution is 7.09. The van der Waals surface area contributed by atoms with Crippen LogP contribution in [-0.4, -0.2) is 32.6 Å². The number of hydrogen-bond acceptors (Lipinski definition) is 5. The zero-order valence-electron chi connectivity index (χ0n) is 12.8. The van der Waals surface area contributed by atoms with Gasteiger partial charge in [-0.15, -0.1) is 11.3 Å². The largest absolute Gasteiger partial charge is 0.375 e. The maximum atomic E-state index is 5.85. The minimum atomic E-state index is 0.657. The molecule has 5 nitrogen and oxygen atoms in total. The number of rotatable bonds is 6. The first-order chi connectivity index (χ1) is 10.9. The van der Waals surface area contributed by atoms with Gasteiger partial charge in [-0.2, -0.15) is 0 Å². The van der Waals surface area contributed by atoms with Gasteiger partial charge in [0.25, 0.3) is 0 Å². The smallest absolute Gasteiger partial charge is 0.107 e. The lowest BCUT2D eigenvalue weighted by Gasteiger charge is -2.18. The summed E-state index contributed by atoms with van der Waals surface area (Å²) in [6.07, 6.45) is 7.71. The Morgan fingerprint density at radius 2 is 2.23 bits per heavy atom. The van der Waals surface area contributed by atoms with Gasteiger partial charge >= 0.3 is 0 Å². The van der Waals surface area contributed by atoms with Crippen molar-refractivity contribution < 1.29 is 4.74 Å². The second-order valence-electron chi connectivity index (χ2n) is 6.28. The minimum absolute atomic E-state index is 0.657. The number of imidazole rings is 1. The minimum Gasteiger partial charge on any atom is -0.375 e. The fraction of sp³-hybridized carbons (Fsp3) is 0.625. The Hall–Kier alpha value is -1.24. The Labute approximate surface area is 134 Å². The second-order valence-corrected chi connectivity index (χ2v) is 7.26. The van der Waals surface area contributed by atoms with E-state index in [0.29, 0.717) is 6.61 Å². The Kier molecular flexibility index (Phi) is 4.23. The van der Waals surface area contributed by atoms with Crippen LogP contribution in [0.2, 0.25) is 0 Å². The third-order valence-corrected chi connectivity index (χ3v) is 5.18. The fourth-order valence-corrected chi connectivity index (χ4v) is 3.62. The molecular formula is C16H22N4OS. The van der Waals surface area contributed by atoms with Gasteiger partial charge in [0.05, 0.1) is 30.9 Å². The summed E-state index contributed by atoms with van der Waals surface area (Å²) in [6, 6.07) is 0. The van der Waals surface area contributed by atoms with E-state index in [-0.39, 0.29) is 0 Å². The van der Waals surface area contributed by atoms with Gasteiger partial charge in [-0.3, -0.25) is 4.90 Å². The standard InChI is InChI=1S/C16H22N4OS/c1-5-19(9-16-17-4-7-22-16)8-15-14(18-12-20(15)6-1)11-21-10-13-2-3-13/h4,7,12-13H,1-3,5-6,8-11H2. The van der Waals surface area contributed by atoms with Crippen LogP contribution in [0.15, 0.2) is 17.9 Å². The lowest BCUT2D eigenvalue weighted by Crippen LogP contribution is -2.23. The predicted molar refractivity (Wildman–Crippen MR) is 85.5 cm³/mol. The maximum Gasteiger partial charge on any atom is 0.107 e. The zero-order chi connectivity index (χ0) is 14.8. The molecule has 0 saturated heterocycles. The number of aryl methyl sites for hydroxylation is 1. The van der Waals surface area contributed by atoms with Gasteiger partial charge < -0.3 is 9.30 Å². The molecule has 0 unspecified atom stereocenters. The van der Waals surface area contributed by atoms with Gasteiger partial charge in [-0.1, -0.05) is 0 Å². The molecular weight excluding hydrogens is 296 g/mol. The van der Waals surface area contributed by atoms with Crippen molar-refractivity contribution in [3.8, 4) is 0 Å². The molecule has 3 heterocycles. The first-order valence-corrected chi connectivity index (χ1v) is 8.98. The van der Waals surface area contributed by atoms with Crippen LogP contribution in [0.25, 0.3) is 0 Å². The van der Waals surface area contributed by atoms with Crippen LogP contribution in [0.1, 0.15) is 35.7 Å². The molecule has 22 heavy (non-hydrogen) atoms. The van der Waals surface area contributed by atoms with E-state index in [1.807, 2.05) is 12.5 Å². The summed E-state index contributed by atoms with van der Waals surface area (Å²) in [5.74, 6) is 0.808. The molecule has 1 saturated carbocycles. The van der Waals surface area contributed by atoms with Gasteiger partial charge in [-0.25, -0.2) is 9.97 Å². The van der Waals surface area contributed by atoms with Crippen LogP contribution in [0.3, 0.4) is 0 Å². The van der Waals surface area contributed by atoms with Crippen molar-refractivity contribution in [2.75, 3.05) is 13.2 Å². The Morgan fingerprint density at radius 3 is 3.05 bits per heavy atom. The highest BCUT2D eigenvalue weighted by Gasteiger charge is 2.23. The van der Waals surface area contributed by atoms with E-state index in [0.717, 1.165) is 50.8 Å². The normalized spacial score (nSPS) is 19.1. The molecule has 2 aromatic heterocycles. The summed E-state index contributed by atoms with van der Waals surface area (Å²) < 4.78 is 8.15. The van der Waals surface area contributed by atoms with Crippen molar-refractivity contribution in [2.45, 2.75) is 45.5 Å². The van der Waals surface area contributed by atoms with Crippen LogP contribution in [0, 0.1) is 5.92 Å². The third-order valence-electron chi connectivity index (χ3n) is 4.41. The second kappa shape index (κ2) is 6.48. The van der Waals surface area contributed by atoms with Crippen LogP contribution >= 0.6 is 11.3 Å². The highest BCUT2D eigenvalue weighted by atomic mass is 32.1. The molecule has 0 atom stereocenters. The molecule has 0 spiro atoms. The van der Waals surface area contributed by atoms with Crippen LogP contribution in [0.5, 0.6) is 0 Å². The van der Waals surface area contributed by atoms with Gasteiger partial charge in [0.15, 0.2) is 0 Å². The van der Waals surface area contributed by atoms with E-state index < -0.39 is 0 Å². The molecule has 0 radical (unpaired) electrons. The van der Waals surface area contributed by atoms with Crippen molar-refractivity contribution >= 4 is 11.3 Å². The van der Waals surface area contributed by atoms with Crippen LogP contribution in [-0.2, 0) is 31.0 Å². The summed E-state index contributed by atoms with van der Waals surface area (Å²) in [5, 5.41) is 3.24. The number of hydrogen-bond donors (Lipinski definition) is 0. The van der Waals surface area contributed by atoms with E-state index >= 15 is 0 Å². The molecule has 118 valence electrons. The summed E-state index contributed by atoms with van der Waals surface area (Å²) in [7, 11) is 0. The first kappa shape index (κ1) is 14.4. The van der Waals surface area contributed by atoms with Crippen molar-refractivity contribution in [1.29, 1.82) is 0 Å². The Bertz CT molecular complexity index is 606. The molecule has 0 amide bonds. The topological polar surface area (TPSA) is 43.2 Å². The van der Waals surface area contributed by atoms with Crippen molar-refractivity contribution in [3.05, 3.63) is 34.3 Å². The molecule has 0 aromatic carbocycles. The van der Waals surface area contributed by atoms with Gasteiger partial charge in [-0.05, 0) is 25.2 Å². The zero-order valence-corrected chi connectivity index (χ0v) is 13.6. The summed E-state index contributed by atoms with van der Waals surface area (Å²) in [5.41, 5.74) is 2.44. The summed E-state index contributed by atoms with van der Waals surface area (Å²) >= 11 is 1.74. The average Bonchev–Trinajstić information content (AvgIpc) is 3.13. The molecule has 1 aliphatic heterocycles. The van der Waals surface area contributed by atoms with Gasteiger partial charge in [0, 0.05) is 37.8 Å². The lowest BCUT2D eigenvalue weighted by atomic mass is 10.3. The van der Waals surface area contributed by atoms with Crippen molar-refractivity contribution in [1.82, 2.24) is 19.4 Å².